The molecular formula is C31H41N7O4. The highest BCUT2D eigenvalue weighted by Gasteiger charge is 2.50. The van der Waals surface area contributed by atoms with Crippen LogP contribution in [0.4, 0.5) is 5.69 Å². The topological polar surface area (TPSA) is 148 Å². The second-order valence-corrected chi connectivity index (χ2v) is 11.6. The van der Waals surface area contributed by atoms with Crippen molar-refractivity contribution in [3.05, 3.63) is 70.4 Å². The number of benzene rings is 1. The van der Waals surface area contributed by atoms with E-state index in [1.54, 1.807) is 6.07 Å². The number of aromatic nitrogens is 4. The van der Waals surface area contributed by atoms with Gasteiger partial charge in [0.2, 0.25) is 11.8 Å². The highest BCUT2D eigenvalue weighted by molar-refractivity contribution is 5.83. The molecular weight excluding hydrogens is 534 g/mol. The lowest BCUT2D eigenvalue weighted by molar-refractivity contribution is -0.385. The summed E-state index contributed by atoms with van der Waals surface area (Å²) in [4.78, 5) is 32.8. The summed E-state index contributed by atoms with van der Waals surface area (Å²) in [5, 5.41) is 26.4. The zero-order valence-corrected chi connectivity index (χ0v) is 24.1. The van der Waals surface area contributed by atoms with Crippen LogP contribution in [0, 0.1) is 27.4 Å². The van der Waals surface area contributed by atoms with Gasteiger partial charge in [-0.15, -0.1) is 10.2 Å². The van der Waals surface area contributed by atoms with E-state index in [-0.39, 0.29) is 18.1 Å². The Kier molecular flexibility index (Phi) is 10.1. The fraction of sp³-hybridized carbons (Fsp3) is 0.548. The summed E-state index contributed by atoms with van der Waals surface area (Å²) in [6.07, 6.45) is 14.7. The minimum Gasteiger partial charge on any atom is -0.439 e. The maximum atomic E-state index is 14.3. The molecule has 0 saturated heterocycles. The molecule has 5 rings (SSSR count). The summed E-state index contributed by atoms with van der Waals surface area (Å²) < 4.78 is 5.84. The van der Waals surface area contributed by atoms with Gasteiger partial charge in [0.15, 0.2) is 0 Å². The van der Waals surface area contributed by atoms with Gasteiger partial charge in [-0.25, -0.2) is 4.98 Å². The molecule has 1 amide bonds. The van der Waals surface area contributed by atoms with E-state index in [2.05, 4.69) is 30.8 Å². The fourth-order valence-electron chi connectivity index (χ4n) is 7.06. The van der Waals surface area contributed by atoms with E-state index in [0.29, 0.717) is 54.4 Å². The van der Waals surface area contributed by atoms with Crippen LogP contribution in [-0.4, -0.2) is 37.5 Å². The van der Waals surface area contributed by atoms with Crippen LogP contribution < -0.4 is 15.4 Å². The van der Waals surface area contributed by atoms with E-state index >= 15 is 0 Å². The monoisotopic (exact) mass is 575 g/mol. The van der Waals surface area contributed by atoms with Crippen LogP contribution in [0.5, 0.6) is 11.6 Å². The number of hydrogen-bond acceptors (Lipinski definition) is 8. The minimum atomic E-state index is -0.500. The first kappa shape index (κ1) is 29.6. The molecule has 2 aliphatic carbocycles. The van der Waals surface area contributed by atoms with Gasteiger partial charge in [-0.3, -0.25) is 14.9 Å². The van der Waals surface area contributed by atoms with Gasteiger partial charge < -0.3 is 20.4 Å². The first-order valence-electron chi connectivity index (χ1n) is 15.3. The summed E-state index contributed by atoms with van der Waals surface area (Å²) in [6.45, 7) is 1.16. The zero-order chi connectivity index (χ0) is 29.2. The summed E-state index contributed by atoms with van der Waals surface area (Å²) in [5.41, 5.74) is -0.0604. The Balaban J connectivity index is 1.33. The number of nitrogens with zero attached hydrogens (tertiary/aromatic N) is 4. The van der Waals surface area contributed by atoms with Crippen molar-refractivity contribution < 1.29 is 14.5 Å². The predicted octanol–water partition coefficient (Wildman–Crippen LogP) is 5.84. The van der Waals surface area contributed by atoms with Gasteiger partial charge >= 0.3 is 0 Å². The highest BCUT2D eigenvalue weighted by atomic mass is 16.6. The molecule has 0 aliphatic heterocycles. The third-order valence-electron chi connectivity index (χ3n) is 9.11. The average molecular weight is 576 g/mol. The number of carbonyl (C=O) groups is 1. The molecule has 11 heteroatoms. The van der Waals surface area contributed by atoms with E-state index in [1.165, 1.54) is 25.4 Å². The van der Waals surface area contributed by atoms with Crippen molar-refractivity contribution in [3.63, 3.8) is 0 Å². The van der Waals surface area contributed by atoms with Gasteiger partial charge in [-0.1, -0.05) is 56.7 Å². The van der Waals surface area contributed by atoms with Crippen LogP contribution in [0.2, 0.25) is 0 Å². The largest absolute Gasteiger partial charge is 0.439 e. The van der Waals surface area contributed by atoms with Gasteiger partial charge in [0.1, 0.15) is 24.1 Å². The molecule has 0 radical (unpaired) electrons. The molecule has 42 heavy (non-hydrogen) atoms. The fourth-order valence-corrected chi connectivity index (χ4v) is 7.06. The number of pyridine rings is 1. The van der Waals surface area contributed by atoms with Crippen molar-refractivity contribution in [2.75, 3.05) is 6.54 Å². The van der Waals surface area contributed by atoms with Crippen LogP contribution in [0.15, 0.2) is 48.9 Å². The molecule has 1 aromatic carbocycles. The smallest absolute Gasteiger partial charge is 0.292 e. The molecule has 0 bridgehead atoms. The van der Waals surface area contributed by atoms with Crippen molar-refractivity contribution in [2.45, 2.75) is 83.7 Å². The van der Waals surface area contributed by atoms with E-state index in [1.807, 2.05) is 30.3 Å². The molecule has 224 valence electrons. The molecule has 0 spiro atoms. The molecule has 0 atom stereocenters. The van der Waals surface area contributed by atoms with Crippen molar-refractivity contribution in [2.24, 2.45) is 17.3 Å². The maximum Gasteiger partial charge on any atom is 0.292 e. The Labute approximate surface area is 246 Å². The standard InChI is InChI=1S/C31H41N7O4/c39-30(34-21-28-35-22-36-37-28)31(24-10-4-1-5-11-24,25-12-6-2-7-13-25)16-17-32-19-23-18-29(33-20-27(23)38(40)41)42-26-14-8-3-9-15-26/h3,8-9,14-15,18,20,22,24-25,32H,1-2,4-7,10-13,16-17,19,21H2,(H,34,39)(H,35,36,37). The Bertz CT molecular complexity index is 1270. The Morgan fingerprint density at radius 2 is 1.71 bits per heavy atom. The number of nitrogens with one attached hydrogen (secondary N) is 3. The van der Waals surface area contributed by atoms with E-state index in [0.717, 1.165) is 51.4 Å². The number of carbonyl (C=O) groups excluding carboxylic acids is 1. The Morgan fingerprint density at radius 3 is 2.33 bits per heavy atom. The van der Waals surface area contributed by atoms with Crippen LogP contribution in [0.3, 0.4) is 0 Å². The first-order valence-corrected chi connectivity index (χ1v) is 15.3. The third kappa shape index (κ3) is 7.13. The van der Waals surface area contributed by atoms with Crippen LogP contribution in [0.1, 0.15) is 82.0 Å². The van der Waals surface area contributed by atoms with Crippen molar-refractivity contribution in [1.82, 2.24) is 30.8 Å². The molecule has 2 saturated carbocycles. The molecule has 2 aromatic heterocycles. The average Bonchev–Trinajstić information content (AvgIpc) is 3.55. The van der Waals surface area contributed by atoms with Gasteiger partial charge in [0.05, 0.1) is 22.4 Å². The molecule has 0 unspecified atom stereocenters. The van der Waals surface area contributed by atoms with Gasteiger partial charge in [-0.2, -0.15) is 0 Å². The normalized spacial score (nSPS) is 16.7. The van der Waals surface area contributed by atoms with Gasteiger partial charge in [-0.05, 0) is 62.6 Å². The number of para-hydroxylation sites is 1. The second-order valence-electron chi connectivity index (χ2n) is 11.6. The summed E-state index contributed by atoms with van der Waals surface area (Å²) in [6, 6.07) is 10.8. The van der Waals surface area contributed by atoms with E-state index in [4.69, 9.17) is 4.74 Å². The van der Waals surface area contributed by atoms with Gasteiger partial charge in [0.25, 0.3) is 5.69 Å². The van der Waals surface area contributed by atoms with Crippen molar-refractivity contribution in [3.8, 4) is 11.6 Å². The summed E-state index contributed by atoms with van der Waals surface area (Å²) in [5.74, 6) is 2.28. The molecule has 2 heterocycles. The molecule has 11 nitrogen and oxygen atoms in total. The lowest BCUT2D eigenvalue weighted by Gasteiger charge is -2.48. The number of H-pyrrole nitrogens is 1. The quantitative estimate of drug-likeness (QED) is 0.131. The van der Waals surface area contributed by atoms with Crippen LogP contribution in [-0.2, 0) is 17.9 Å². The second kappa shape index (κ2) is 14.4. The van der Waals surface area contributed by atoms with Crippen LogP contribution >= 0.6 is 0 Å². The summed E-state index contributed by atoms with van der Waals surface area (Å²) >= 11 is 0. The highest BCUT2D eigenvalue weighted by Crippen LogP contribution is 2.51. The van der Waals surface area contributed by atoms with Crippen molar-refractivity contribution >= 4 is 11.6 Å². The minimum absolute atomic E-state index is 0.0569. The van der Waals surface area contributed by atoms with Crippen molar-refractivity contribution in [1.29, 1.82) is 0 Å². The Hall–Kier alpha value is -3.86. The number of amides is 1. The summed E-state index contributed by atoms with van der Waals surface area (Å²) in [7, 11) is 0. The predicted molar refractivity (Wildman–Crippen MR) is 158 cm³/mol. The molecule has 2 aliphatic rings. The van der Waals surface area contributed by atoms with E-state index < -0.39 is 10.3 Å². The number of hydrogen-bond donors (Lipinski definition) is 3. The maximum absolute atomic E-state index is 14.3. The first-order chi connectivity index (χ1) is 20.6. The number of rotatable bonds is 13. The number of nitro groups is 1. The number of ether oxygens (including phenoxy) is 1. The Morgan fingerprint density at radius 1 is 1.02 bits per heavy atom. The third-order valence-corrected chi connectivity index (χ3v) is 9.11. The lowest BCUT2D eigenvalue weighted by Crippen LogP contribution is -2.53. The molecule has 2 fully saturated rings. The SMILES string of the molecule is O=C(NCc1nnc[nH]1)C(CCNCc1cc(Oc2ccccc2)ncc1[N+](=O)[O-])(C1CCCCC1)C1CCCCC1. The molecule has 3 aromatic rings. The van der Waals surface area contributed by atoms with E-state index in [9.17, 15) is 14.9 Å². The number of aromatic amines is 1. The lowest BCUT2D eigenvalue weighted by atomic mass is 9.56. The zero-order valence-electron chi connectivity index (χ0n) is 24.1. The van der Waals surface area contributed by atoms with Crippen LogP contribution in [0.25, 0.3) is 0 Å². The van der Waals surface area contributed by atoms with Gasteiger partial charge in [0, 0.05) is 12.6 Å². The molecule has 3 N–H and O–H groups in total.